The molecule has 0 bridgehead atoms. The van der Waals surface area contributed by atoms with Crippen molar-refractivity contribution in [3.05, 3.63) is 65.6 Å². The van der Waals surface area contributed by atoms with Crippen LogP contribution in [0.3, 0.4) is 0 Å². The second-order valence-corrected chi connectivity index (χ2v) is 5.86. The number of rotatable bonds is 5. The van der Waals surface area contributed by atoms with Crippen molar-refractivity contribution >= 4 is 33.9 Å². The highest BCUT2D eigenvalue weighted by atomic mass is 35.5. The predicted octanol–water partition coefficient (Wildman–Crippen LogP) is 5.97. The van der Waals surface area contributed by atoms with Gasteiger partial charge in [0, 0.05) is 23.8 Å². The third-order valence-corrected chi connectivity index (χ3v) is 4.15. The number of halogens is 2. The monoisotopic (exact) mass is 328 g/mol. The Hall–Kier alpha value is -2.13. The Balaban J connectivity index is 2.12. The van der Waals surface area contributed by atoms with Gasteiger partial charge in [-0.3, -0.25) is 4.98 Å². The van der Waals surface area contributed by atoms with E-state index in [4.69, 9.17) is 11.6 Å². The lowest BCUT2D eigenvalue weighted by Crippen LogP contribution is -2.18. The van der Waals surface area contributed by atoms with Crippen LogP contribution < -0.4 is 4.90 Å². The molecule has 0 aliphatic carbocycles. The Morgan fingerprint density at radius 3 is 2.78 bits per heavy atom. The third kappa shape index (κ3) is 3.30. The quantitative estimate of drug-likeness (QED) is 0.574. The summed E-state index contributed by atoms with van der Waals surface area (Å²) in [5.41, 5.74) is 2.90. The van der Waals surface area contributed by atoms with Crippen LogP contribution in [0, 0.1) is 5.82 Å². The van der Waals surface area contributed by atoms with Crippen molar-refractivity contribution in [1.82, 2.24) is 4.98 Å². The molecule has 2 nitrogen and oxygen atoms in total. The second kappa shape index (κ2) is 6.97. The number of fused-ring (bicyclic) bond motifs is 1. The van der Waals surface area contributed by atoms with E-state index in [1.807, 2.05) is 18.2 Å². The molecule has 4 heteroatoms. The fraction of sp³-hybridized carbons (Fsp3) is 0.211. The summed E-state index contributed by atoms with van der Waals surface area (Å²) in [5.74, 6) is -0.398. The number of unbranched alkanes of at least 4 members (excludes halogenated alkanes) is 1. The van der Waals surface area contributed by atoms with Crippen LogP contribution in [0.5, 0.6) is 0 Å². The molecule has 0 aliphatic rings. The molecule has 118 valence electrons. The fourth-order valence-corrected chi connectivity index (χ4v) is 2.86. The Labute approximate surface area is 140 Å². The number of anilines is 2. The average Bonchev–Trinajstić information content (AvgIpc) is 2.58. The van der Waals surface area contributed by atoms with Crippen molar-refractivity contribution in [1.29, 1.82) is 0 Å². The van der Waals surface area contributed by atoms with Gasteiger partial charge < -0.3 is 4.90 Å². The number of nitrogens with zero attached hydrogens (tertiary/aromatic N) is 2. The van der Waals surface area contributed by atoms with Crippen LogP contribution in [-0.2, 0) is 0 Å². The molecule has 3 rings (SSSR count). The lowest BCUT2D eigenvalue weighted by Gasteiger charge is -2.26. The molecular weight excluding hydrogens is 311 g/mol. The molecular formula is C19H18ClFN2. The minimum Gasteiger partial charge on any atom is -0.341 e. The highest BCUT2D eigenvalue weighted by Crippen LogP contribution is 2.33. The van der Waals surface area contributed by atoms with E-state index >= 15 is 0 Å². The van der Waals surface area contributed by atoms with E-state index in [9.17, 15) is 4.39 Å². The van der Waals surface area contributed by atoms with Gasteiger partial charge in [0.15, 0.2) is 0 Å². The van der Waals surface area contributed by atoms with E-state index in [0.717, 1.165) is 41.7 Å². The number of benzene rings is 2. The summed E-state index contributed by atoms with van der Waals surface area (Å²) in [6.07, 6.45) is 3.90. The van der Waals surface area contributed by atoms with Crippen LogP contribution >= 0.6 is 11.6 Å². The Morgan fingerprint density at radius 2 is 2.00 bits per heavy atom. The van der Waals surface area contributed by atoms with Crippen LogP contribution in [0.1, 0.15) is 19.8 Å². The molecule has 2 aromatic carbocycles. The van der Waals surface area contributed by atoms with Gasteiger partial charge in [0.2, 0.25) is 0 Å². The van der Waals surface area contributed by atoms with Crippen LogP contribution in [0.2, 0.25) is 5.02 Å². The van der Waals surface area contributed by atoms with Crippen LogP contribution in [0.4, 0.5) is 15.8 Å². The zero-order valence-corrected chi connectivity index (χ0v) is 13.7. The summed E-state index contributed by atoms with van der Waals surface area (Å²) in [4.78, 5) is 6.60. The maximum Gasteiger partial charge on any atom is 0.141 e. The van der Waals surface area contributed by atoms with Gasteiger partial charge in [-0.15, -0.1) is 0 Å². The summed E-state index contributed by atoms with van der Waals surface area (Å²) in [6.45, 7) is 2.99. The van der Waals surface area contributed by atoms with Gasteiger partial charge in [-0.25, -0.2) is 4.39 Å². The normalized spacial score (nSPS) is 10.9. The molecule has 0 amide bonds. The van der Waals surface area contributed by atoms with Gasteiger partial charge >= 0.3 is 0 Å². The van der Waals surface area contributed by atoms with Crippen molar-refractivity contribution in [2.45, 2.75) is 19.8 Å². The van der Waals surface area contributed by atoms with Gasteiger partial charge in [-0.1, -0.05) is 31.0 Å². The summed E-state index contributed by atoms with van der Waals surface area (Å²) >= 11 is 5.98. The largest absolute Gasteiger partial charge is 0.341 e. The third-order valence-electron chi connectivity index (χ3n) is 3.86. The molecule has 0 saturated carbocycles. The number of hydrogen-bond acceptors (Lipinski definition) is 2. The lowest BCUT2D eigenvalue weighted by molar-refractivity contribution is 0.628. The maximum absolute atomic E-state index is 13.5. The summed E-state index contributed by atoms with van der Waals surface area (Å²) in [7, 11) is 0. The van der Waals surface area contributed by atoms with Gasteiger partial charge in [-0.05, 0) is 48.9 Å². The molecule has 0 aliphatic heterocycles. The Kier molecular flexibility index (Phi) is 4.77. The van der Waals surface area contributed by atoms with Gasteiger partial charge in [0.1, 0.15) is 5.82 Å². The molecule has 0 atom stereocenters. The summed E-state index contributed by atoms with van der Waals surface area (Å²) < 4.78 is 13.5. The summed E-state index contributed by atoms with van der Waals surface area (Å²) in [5, 5.41) is 1.22. The predicted molar refractivity (Wildman–Crippen MR) is 95.1 cm³/mol. The van der Waals surface area contributed by atoms with Gasteiger partial charge in [-0.2, -0.15) is 0 Å². The molecule has 23 heavy (non-hydrogen) atoms. The number of pyridine rings is 1. The number of aromatic nitrogens is 1. The van der Waals surface area contributed by atoms with E-state index in [0.29, 0.717) is 0 Å². The molecule has 1 aromatic heterocycles. The van der Waals surface area contributed by atoms with E-state index in [2.05, 4.69) is 28.9 Å². The van der Waals surface area contributed by atoms with E-state index in [1.165, 1.54) is 6.07 Å². The highest BCUT2D eigenvalue weighted by molar-refractivity contribution is 6.31. The minimum atomic E-state index is -0.398. The van der Waals surface area contributed by atoms with Gasteiger partial charge in [0.05, 0.1) is 16.2 Å². The first kappa shape index (κ1) is 15.8. The first-order valence-corrected chi connectivity index (χ1v) is 8.15. The average molecular weight is 329 g/mol. The molecule has 1 heterocycles. The van der Waals surface area contributed by atoms with Crippen LogP contribution in [0.25, 0.3) is 10.9 Å². The molecule has 0 unspecified atom stereocenters. The first-order chi connectivity index (χ1) is 11.2. The topological polar surface area (TPSA) is 16.1 Å². The molecule has 3 aromatic rings. The fourth-order valence-electron chi connectivity index (χ4n) is 2.68. The van der Waals surface area contributed by atoms with Crippen LogP contribution in [0.15, 0.2) is 54.7 Å². The molecule has 0 fully saturated rings. The van der Waals surface area contributed by atoms with Crippen molar-refractivity contribution < 1.29 is 4.39 Å². The van der Waals surface area contributed by atoms with Crippen molar-refractivity contribution in [2.24, 2.45) is 0 Å². The van der Waals surface area contributed by atoms with E-state index in [-0.39, 0.29) is 5.02 Å². The molecule has 0 spiro atoms. The zero-order valence-electron chi connectivity index (χ0n) is 13.0. The first-order valence-electron chi connectivity index (χ1n) is 7.77. The standard InChI is InChI=1S/C19H18ClFN2/c1-2-3-12-23(14-9-10-17(21)16(20)13-14)19-8-4-7-18-15(19)6-5-11-22-18/h4-11,13H,2-3,12H2,1H3. The van der Waals surface area contributed by atoms with Crippen LogP contribution in [-0.4, -0.2) is 11.5 Å². The van der Waals surface area contributed by atoms with Crippen molar-refractivity contribution in [2.75, 3.05) is 11.4 Å². The smallest absolute Gasteiger partial charge is 0.141 e. The Bertz CT molecular complexity index is 814. The molecule has 0 saturated heterocycles. The van der Waals surface area contributed by atoms with E-state index < -0.39 is 5.82 Å². The van der Waals surface area contributed by atoms with Crippen molar-refractivity contribution in [3.63, 3.8) is 0 Å². The molecule has 0 radical (unpaired) electrons. The SMILES string of the molecule is CCCCN(c1ccc(F)c(Cl)c1)c1cccc2ncccc12. The Morgan fingerprint density at radius 1 is 1.13 bits per heavy atom. The molecule has 0 N–H and O–H groups in total. The summed E-state index contributed by atoms with van der Waals surface area (Å²) in [6, 6.07) is 14.9. The van der Waals surface area contributed by atoms with Crippen molar-refractivity contribution in [3.8, 4) is 0 Å². The second-order valence-electron chi connectivity index (χ2n) is 5.45. The highest BCUT2D eigenvalue weighted by Gasteiger charge is 2.14. The van der Waals surface area contributed by atoms with Gasteiger partial charge in [0.25, 0.3) is 0 Å². The van der Waals surface area contributed by atoms with E-state index in [1.54, 1.807) is 18.3 Å². The number of hydrogen-bond donors (Lipinski definition) is 0. The maximum atomic E-state index is 13.5. The minimum absolute atomic E-state index is 0.141. The lowest BCUT2D eigenvalue weighted by atomic mass is 10.1. The zero-order chi connectivity index (χ0) is 16.2.